The maximum atomic E-state index is 12.2. The topological polar surface area (TPSA) is 61.1 Å². The van der Waals surface area contributed by atoms with Gasteiger partial charge in [-0.05, 0) is 31.2 Å². The Bertz CT molecular complexity index is 955. The Hall–Kier alpha value is -3.12. The van der Waals surface area contributed by atoms with E-state index in [0.29, 0.717) is 17.9 Å². The molecule has 0 spiro atoms. The summed E-state index contributed by atoms with van der Waals surface area (Å²) in [7, 11) is 0. The van der Waals surface area contributed by atoms with Gasteiger partial charge in [-0.15, -0.1) is 0 Å². The molecule has 1 N–H and O–H groups in total. The van der Waals surface area contributed by atoms with Crippen LogP contribution in [0.5, 0.6) is 0 Å². The zero-order valence-electron chi connectivity index (χ0n) is 16.7. The Labute approximate surface area is 170 Å². The Balaban J connectivity index is 1.22. The molecule has 6 heteroatoms. The van der Waals surface area contributed by atoms with E-state index in [-0.39, 0.29) is 5.91 Å². The number of amides is 1. The number of rotatable bonds is 6. The van der Waals surface area contributed by atoms with E-state index in [1.54, 1.807) is 0 Å². The number of carbonyl (C=O) groups is 1. The summed E-state index contributed by atoms with van der Waals surface area (Å²) in [5.41, 5.74) is 5.39. The van der Waals surface area contributed by atoms with E-state index in [1.165, 1.54) is 5.69 Å². The first kappa shape index (κ1) is 19.2. The van der Waals surface area contributed by atoms with Gasteiger partial charge in [-0.3, -0.25) is 9.69 Å². The van der Waals surface area contributed by atoms with Crippen molar-refractivity contribution in [1.29, 1.82) is 0 Å². The van der Waals surface area contributed by atoms with Gasteiger partial charge in [0.2, 0.25) is 5.91 Å². The monoisotopic (exact) mass is 390 g/mol. The van der Waals surface area contributed by atoms with Gasteiger partial charge in [-0.25, -0.2) is 5.43 Å². The first-order valence-corrected chi connectivity index (χ1v) is 10.0. The summed E-state index contributed by atoms with van der Waals surface area (Å²) in [6.07, 6.45) is 0.433. The van der Waals surface area contributed by atoms with Crippen molar-refractivity contribution in [3.8, 4) is 0 Å². The van der Waals surface area contributed by atoms with E-state index in [4.69, 9.17) is 4.42 Å². The van der Waals surface area contributed by atoms with Crippen molar-refractivity contribution in [3.63, 3.8) is 0 Å². The molecule has 0 bridgehead atoms. The molecule has 4 rings (SSSR count). The van der Waals surface area contributed by atoms with Crippen molar-refractivity contribution < 1.29 is 9.21 Å². The highest BCUT2D eigenvalue weighted by molar-refractivity contribution is 6.00. The summed E-state index contributed by atoms with van der Waals surface area (Å²) in [5, 5.41) is 5.23. The minimum absolute atomic E-state index is 0.0778. The molecule has 0 atom stereocenters. The van der Waals surface area contributed by atoms with Crippen LogP contribution in [0, 0.1) is 0 Å². The van der Waals surface area contributed by atoms with Crippen LogP contribution in [0.1, 0.15) is 19.1 Å². The van der Waals surface area contributed by atoms with Gasteiger partial charge >= 0.3 is 0 Å². The second kappa shape index (κ2) is 8.92. The summed E-state index contributed by atoms with van der Waals surface area (Å²) < 4.78 is 5.77. The van der Waals surface area contributed by atoms with Crippen LogP contribution < -0.4 is 10.3 Å². The first-order chi connectivity index (χ1) is 14.2. The number of benzene rings is 2. The highest BCUT2D eigenvalue weighted by Crippen LogP contribution is 2.19. The van der Waals surface area contributed by atoms with Crippen LogP contribution in [-0.4, -0.2) is 49.2 Å². The summed E-state index contributed by atoms with van der Waals surface area (Å²) in [6.45, 7) is 6.46. The number of furan rings is 1. The lowest BCUT2D eigenvalue weighted by atomic mass is 10.2. The molecule has 1 fully saturated rings. The summed E-state index contributed by atoms with van der Waals surface area (Å²) >= 11 is 0. The fraction of sp³-hybridized carbons (Fsp3) is 0.304. The molecule has 0 aliphatic carbocycles. The van der Waals surface area contributed by atoms with Gasteiger partial charge in [0.1, 0.15) is 11.3 Å². The van der Waals surface area contributed by atoms with E-state index in [1.807, 2.05) is 43.3 Å². The Morgan fingerprint density at radius 3 is 2.52 bits per heavy atom. The van der Waals surface area contributed by atoms with Crippen molar-refractivity contribution in [2.75, 3.05) is 37.6 Å². The number of carbonyl (C=O) groups excluding carboxylic acids is 1. The van der Waals surface area contributed by atoms with Crippen LogP contribution >= 0.6 is 0 Å². The minimum atomic E-state index is -0.0778. The fourth-order valence-corrected chi connectivity index (χ4v) is 3.55. The molecule has 1 amide bonds. The Kier molecular flexibility index (Phi) is 5.91. The molecule has 29 heavy (non-hydrogen) atoms. The predicted molar refractivity (Wildman–Crippen MR) is 116 cm³/mol. The average Bonchev–Trinajstić information content (AvgIpc) is 3.21. The highest BCUT2D eigenvalue weighted by atomic mass is 16.3. The number of hydrogen-bond donors (Lipinski definition) is 1. The molecular formula is C23H26N4O2. The largest absolute Gasteiger partial charge is 0.455 e. The standard InChI is InChI=1S/C23H26N4O2/c1-18(22-17-19-7-5-6-10-21(19)29-22)24-25-23(28)11-12-26-13-15-27(16-14-26)20-8-3-2-4-9-20/h2-10,17H,11-16H2,1H3,(H,25,28)/b24-18+. The van der Waals surface area contributed by atoms with Crippen LogP contribution in [-0.2, 0) is 4.79 Å². The van der Waals surface area contributed by atoms with Crippen molar-refractivity contribution in [3.05, 3.63) is 66.4 Å². The smallest absolute Gasteiger partial charge is 0.241 e. The lowest BCUT2D eigenvalue weighted by molar-refractivity contribution is -0.121. The summed E-state index contributed by atoms with van der Waals surface area (Å²) in [6, 6.07) is 20.2. The Morgan fingerprint density at radius 1 is 1.03 bits per heavy atom. The van der Waals surface area contributed by atoms with Crippen LogP contribution in [0.3, 0.4) is 0 Å². The third kappa shape index (κ3) is 4.84. The lowest BCUT2D eigenvalue weighted by Crippen LogP contribution is -2.47. The van der Waals surface area contributed by atoms with Gasteiger partial charge in [0.15, 0.2) is 5.76 Å². The van der Waals surface area contributed by atoms with Gasteiger partial charge in [-0.2, -0.15) is 5.10 Å². The molecule has 1 aliphatic rings. The molecule has 6 nitrogen and oxygen atoms in total. The lowest BCUT2D eigenvalue weighted by Gasteiger charge is -2.36. The third-order valence-electron chi connectivity index (χ3n) is 5.28. The molecule has 1 aliphatic heterocycles. The van der Waals surface area contributed by atoms with Crippen LogP contribution in [0.15, 0.2) is 70.2 Å². The molecule has 0 saturated carbocycles. The maximum absolute atomic E-state index is 12.2. The molecule has 2 heterocycles. The van der Waals surface area contributed by atoms with E-state index in [9.17, 15) is 4.79 Å². The molecule has 0 unspecified atom stereocenters. The zero-order valence-corrected chi connectivity index (χ0v) is 16.7. The fourth-order valence-electron chi connectivity index (χ4n) is 3.55. The van der Waals surface area contributed by atoms with Crippen LogP contribution in [0.2, 0.25) is 0 Å². The van der Waals surface area contributed by atoms with Gasteiger partial charge < -0.3 is 9.32 Å². The van der Waals surface area contributed by atoms with E-state index >= 15 is 0 Å². The number of nitrogens with one attached hydrogen (secondary N) is 1. The van der Waals surface area contributed by atoms with Gasteiger partial charge in [0, 0.05) is 50.2 Å². The second-order valence-electron chi connectivity index (χ2n) is 7.29. The number of fused-ring (bicyclic) bond motifs is 1. The van der Waals surface area contributed by atoms with Gasteiger partial charge in [0.25, 0.3) is 0 Å². The molecule has 150 valence electrons. The van der Waals surface area contributed by atoms with E-state index < -0.39 is 0 Å². The number of para-hydroxylation sites is 2. The SMILES string of the molecule is C/C(=N\NC(=O)CCN1CCN(c2ccccc2)CC1)c1cc2ccccc2o1. The first-order valence-electron chi connectivity index (χ1n) is 10.0. The average molecular weight is 390 g/mol. The maximum Gasteiger partial charge on any atom is 0.241 e. The molecule has 3 aromatic rings. The number of hydrogen-bond acceptors (Lipinski definition) is 5. The van der Waals surface area contributed by atoms with Crippen LogP contribution in [0.25, 0.3) is 11.0 Å². The third-order valence-corrected chi connectivity index (χ3v) is 5.28. The molecule has 0 radical (unpaired) electrons. The minimum Gasteiger partial charge on any atom is -0.455 e. The summed E-state index contributed by atoms with van der Waals surface area (Å²) in [5.74, 6) is 0.592. The second-order valence-corrected chi connectivity index (χ2v) is 7.29. The van der Waals surface area contributed by atoms with Crippen molar-refractivity contribution in [1.82, 2.24) is 10.3 Å². The van der Waals surface area contributed by atoms with E-state index in [0.717, 1.165) is 43.7 Å². The zero-order chi connectivity index (χ0) is 20.1. The Morgan fingerprint density at radius 2 is 1.76 bits per heavy atom. The van der Waals surface area contributed by atoms with E-state index in [2.05, 4.69) is 44.6 Å². The number of anilines is 1. The van der Waals surface area contributed by atoms with Crippen LogP contribution in [0.4, 0.5) is 5.69 Å². The van der Waals surface area contributed by atoms with Crippen molar-refractivity contribution in [2.45, 2.75) is 13.3 Å². The molecule has 1 saturated heterocycles. The van der Waals surface area contributed by atoms with Gasteiger partial charge in [-0.1, -0.05) is 36.4 Å². The van der Waals surface area contributed by atoms with Gasteiger partial charge in [0.05, 0.1) is 0 Å². The molecule has 1 aromatic heterocycles. The molecule has 2 aromatic carbocycles. The normalized spacial score (nSPS) is 15.6. The number of hydrazone groups is 1. The number of nitrogens with zero attached hydrogens (tertiary/aromatic N) is 3. The van der Waals surface area contributed by atoms with Crippen molar-refractivity contribution in [2.24, 2.45) is 5.10 Å². The highest BCUT2D eigenvalue weighted by Gasteiger charge is 2.17. The van der Waals surface area contributed by atoms with Crippen molar-refractivity contribution >= 4 is 28.3 Å². The quantitative estimate of drug-likeness (QED) is 0.517. The summed E-state index contributed by atoms with van der Waals surface area (Å²) in [4.78, 5) is 16.9. The molecular weight excluding hydrogens is 364 g/mol. The predicted octanol–water partition coefficient (Wildman–Crippen LogP) is 3.49. The number of piperazine rings is 1.